The summed E-state index contributed by atoms with van der Waals surface area (Å²) >= 11 is 0. The number of hydrogen-bond acceptors (Lipinski definition) is 4. The van der Waals surface area contributed by atoms with Crippen LogP contribution in [0.5, 0.6) is 0 Å². The lowest BCUT2D eigenvalue weighted by Crippen LogP contribution is -2.43. The summed E-state index contributed by atoms with van der Waals surface area (Å²) in [5.74, 6) is 0.749. The Morgan fingerprint density at radius 3 is 2.65 bits per heavy atom. The summed E-state index contributed by atoms with van der Waals surface area (Å²) < 4.78 is 5.37. The molecule has 156 valence electrons. The second kappa shape index (κ2) is 8.14. The van der Waals surface area contributed by atoms with E-state index in [1.807, 2.05) is 60.7 Å². The molecule has 3 aromatic rings. The van der Waals surface area contributed by atoms with Gasteiger partial charge in [-0.05, 0) is 42.7 Å². The molecule has 1 atom stereocenters. The summed E-state index contributed by atoms with van der Waals surface area (Å²) in [6.45, 7) is 0.263. The van der Waals surface area contributed by atoms with Crippen LogP contribution in [0.3, 0.4) is 0 Å². The van der Waals surface area contributed by atoms with Crippen LogP contribution in [-0.4, -0.2) is 11.8 Å². The molecule has 0 saturated carbocycles. The smallest absolute Gasteiger partial charge is 0.323 e. The van der Waals surface area contributed by atoms with E-state index in [1.165, 1.54) is 0 Å². The normalized spacial score (nSPS) is 18.0. The minimum Gasteiger partial charge on any atom is -0.467 e. The number of carbonyl (C=O) groups is 2. The van der Waals surface area contributed by atoms with Crippen molar-refractivity contribution in [2.45, 2.75) is 31.8 Å². The molecule has 1 aromatic heterocycles. The van der Waals surface area contributed by atoms with Gasteiger partial charge in [0, 0.05) is 17.7 Å². The Bertz CT molecular complexity index is 1140. The second-order valence-electron chi connectivity index (χ2n) is 7.73. The molecule has 1 aliphatic heterocycles. The summed E-state index contributed by atoms with van der Waals surface area (Å²) in [6, 6.07) is 20.2. The van der Waals surface area contributed by atoms with Gasteiger partial charge in [-0.25, -0.2) is 4.79 Å². The molecule has 0 bridgehead atoms. The molecule has 6 nitrogen and oxygen atoms in total. The van der Waals surface area contributed by atoms with Gasteiger partial charge in [0.15, 0.2) is 5.78 Å². The molecule has 0 saturated heterocycles. The number of allylic oxidation sites excluding steroid dienone is 1. The molecular formula is C25H23N3O3. The van der Waals surface area contributed by atoms with Crippen molar-refractivity contribution in [2.24, 2.45) is 0 Å². The summed E-state index contributed by atoms with van der Waals surface area (Å²) in [6.07, 6.45) is 3.65. The Balaban J connectivity index is 1.64. The van der Waals surface area contributed by atoms with E-state index in [4.69, 9.17) is 4.42 Å². The highest BCUT2D eigenvalue weighted by atomic mass is 16.3. The number of urea groups is 1. The largest absolute Gasteiger partial charge is 0.467 e. The second-order valence-corrected chi connectivity index (χ2v) is 7.73. The van der Waals surface area contributed by atoms with E-state index in [1.54, 1.807) is 17.2 Å². The summed E-state index contributed by atoms with van der Waals surface area (Å²) in [5, 5.41) is 6.43. The fraction of sp³-hybridized carbons (Fsp3) is 0.200. The molecule has 2 aliphatic rings. The molecule has 0 spiro atoms. The van der Waals surface area contributed by atoms with Gasteiger partial charge in [-0.1, -0.05) is 42.5 Å². The van der Waals surface area contributed by atoms with E-state index >= 15 is 0 Å². The van der Waals surface area contributed by atoms with Crippen molar-refractivity contribution in [2.75, 3.05) is 10.2 Å². The Labute approximate surface area is 180 Å². The summed E-state index contributed by atoms with van der Waals surface area (Å²) in [4.78, 5) is 28.4. The van der Waals surface area contributed by atoms with Crippen LogP contribution in [-0.2, 0) is 11.3 Å². The Kier molecular flexibility index (Phi) is 5.04. The van der Waals surface area contributed by atoms with Gasteiger partial charge < -0.3 is 15.1 Å². The van der Waals surface area contributed by atoms with E-state index < -0.39 is 6.04 Å². The van der Waals surface area contributed by atoms with Crippen molar-refractivity contribution < 1.29 is 14.0 Å². The van der Waals surface area contributed by atoms with Gasteiger partial charge >= 0.3 is 6.03 Å². The predicted molar refractivity (Wildman–Crippen MR) is 119 cm³/mol. The average molecular weight is 413 g/mol. The van der Waals surface area contributed by atoms with Gasteiger partial charge in [0.25, 0.3) is 0 Å². The van der Waals surface area contributed by atoms with Crippen molar-refractivity contribution >= 4 is 23.2 Å². The Morgan fingerprint density at radius 2 is 1.84 bits per heavy atom. The lowest BCUT2D eigenvalue weighted by atomic mass is 9.86. The molecule has 6 heteroatoms. The number of anilines is 2. The van der Waals surface area contributed by atoms with Crippen LogP contribution in [0.15, 0.2) is 88.7 Å². The number of fused-ring (bicyclic) bond motifs is 1. The molecule has 1 unspecified atom stereocenters. The van der Waals surface area contributed by atoms with Crippen LogP contribution in [0.25, 0.3) is 0 Å². The minimum absolute atomic E-state index is 0.0826. The van der Waals surface area contributed by atoms with Gasteiger partial charge in [-0.15, -0.1) is 0 Å². The molecule has 2 heterocycles. The van der Waals surface area contributed by atoms with Crippen molar-refractivity contribution in [3.8, 4) is 0 Å². The molecule has 0 radical (unpaired) electrons. The third-order valence-electron chi connectivity index (χ3n) is 5.76. The number of Topliss-reactive ketones (excluding diaryl/α,β-unsaturated/α-hetero) is 1. The maximum Gasteiger partial charge on any atom is 0.323 e. The third-order valence-corrected chi connectivity index (χ3v) is 5.76. The zero-order valence-electron chi connectivity index (χ0n) is 17.0. The van der Waals surface area contributed by atoms with Crippen LogP contribution in [0.4, 0.5) is 16.2 Å². The topological polar surface area (TPSA) is 74.6 Å². The number of hydrogen-bond donors (Lipinski definition) is 2. The number of rotatable bonds is 3. The Morgan fingerprint density at radius 1 is 1.03 bits per heavy atom. The van der Waals surface area contributed by atoms with Crippen molar-refractivity contribution in [1.82, 2.24) is 5.32 Å². The number of amides is 2. The van der Waals surface area contributed by atoms with Crippen molar-refractivity contribution in [1.29, 1.82) is 0 Å². The van der Waals surface area contributed by atoms with Gasteiger partial charge in [0.05, 0.1) is 30.2 Å². The first-order valence-corrected chi connectivity index (χ1v) is 10.5. The van der Waals surface area contributed by atoms with Gasteiger partial charge in [0.1, 0.15) is 5.76 Å². The van der Waals surface area contributed by atoms with E-state index in [2.05, 4.69) is 10.6 Å². The zero-order valence-corrected chi connectivity index (χ0v) is 17.0. The fourth-order valence-electron chi connectivity index (χ4n) is 4.37. The molecular weight excluding hydrogens is 390 g/mol. The maximum atomic E-state index is 13.6. The number of ketones is 1. The monoisotopic (exact) mass is 413 g/mol. The SMILES string of the molecule is O=C1CCCC2=C1C(c1ccccc1)N(C(=O)NCc1ccco1)c1ccccc1N2. The van der Waals surface area contributed by atoms with Crippen LogP contribution in [0, 0.1) is 0 Å². The highest BCUT2D eigenvalue weighted by Gasteiger charge is 2.39. The summed E-state index contributed by atoms with van der Waals surface area (Å²) in [7, 11) is 0. The highest BCUT2D eigenvalue weighted by Crippen LogP contribution is 2.44. The molecule has 2 amide bonds. The van der Waals surface area contributed by atoms with E-state index in [-0.39, 0.29) is 18.4 Å². The van der Waals surface area contributed by atoms with Gasteiger partial charge in [0.2, 0.25) is 0 Å². The quantitative estimate of drug-likeness (QED) is 0.621. The molecule has 2 N–H and O–H groups in total. The van der Waals surface area contributed by atoms with E-state index in [9.17, 15) is 9.59 Å². The lowest BCUT2D eigenvalue weighted by molar-refractivity contribution is -0.116. The van der Waals surface area contributed by atoms with Gasteiger partial charge in [-0.2, -0.15) is 0 Å². The third kappa shape index (κ3) is 3.61. The molecule has 31 heavy (non-hydrogen) atoms. The number of carbonyl (C=O) groups excluding carboxylic acids is 2. The molecule has 0 fully saturated rings. The minimum atomic E-state index is -0.517. The number of nitrogens with zero attached hydrogens (tertiary/aromatic N) is 1. The number of nitrogens with one attached hydrogen (secondary N) is 2. The van der Waals surface area contributed by atoms with Crippen molar-refractivity contribution in [3.63, 3.8) is 0 Å². The molecule has 5 rings (SSSR count). The van der Waals surface area contributed by atoms with Crippen LogP contribution >= 0.6 is 0 Å². The predicted octanol–water partition coefficient (Wildman–Crippen LogP) is 5.17. The zero-order chi connectivity index (χ0) is 21.2. The van der Waals surface area contributed by atoms with Crippen LogP contribution in [0.2, 0.25) is 0 Å². The van der Waals surface area contributed by atoms with E-state index in [0.717, 1.165) is 35.5 Å². The van der Waals surface area contributed by atoms with Crippen LogP contribution < -0.4 is 15.5 Å². The highest BCUT2D eigenvalue weighted by molar-refractivity contribution is 6.05. The Hall–Kier alpha value is -3.80. The van der Waals surface area contributed by atoms with Crippen LogP contribution in [0.1, 0.15) is 36.6 Å². The average Bonchev–Trinajstić information content (AvgIpc) is 3.26. The van der Waals surface area contributed by atoms with E-state index in [0.29, 0.717) is 17.8 Å². The molecule has 1 aliphatic carbocycles. The maximum absolute atomic E-state index is 13.6. The van der Waals surface area contributed by atoms with Gasteiger partial charge in [-0.3, -0.25) is 9.69 Å². The summed E-state index contributed by atoms with van der Waals surface area (Å²) in [5.41, 5.74) is 4.02. The first kappa shape index (κ1) is 19.2. The number of benzene rings is 2. The first-order chi connectivity index (χ1) is 15.2. The number of furan rings is 1. The standard InChI is InChI=1S/C25H23N3O3/c29-22-14-6-12-20-23(22)24(17-8-2-1-3-9-17)28(21-13-5-4-11-19(21)27-20)25(30)26-16-18-10-7-15-31-18/h1-5,7-11,13,15,24,27H,6,12,14,16H2,(H,26,30). The number of para-hydroxylation sites is 2. The lowest BCUT2D eigenvalue weighted by Gasteiger charge is -2.33. The van der Waals surface area contributed by atoms with Crippen molar-refractivity contribution in [3.05, 3.63) is 95.6 Å². The molecule has 2 aromatic carbocycles. The first-order valence-electron chi connectivity index (χ1n) is 10.5. The fourth-order valence-corrected chi connectivity index (χ4v) is 4.37.